The molecular formula is C18H15ClFN3O2. The summed E-state index contributed by atoms with van der Waals surface area (Å²) in [4.78, 5) is 12.3. The summed E-state index contributed by atoms with van der Waals surface area (Å²) >= 11 is 6.04. The molecule has 25 heavy (non-hydrogen) atoms. The van der Waals surface area contributed by atoms with E-state index in [4.69, 9.17) is 16.3 Å². The summed E-state index contributed by atoms with van der Waals surface area (Å²) in [6, 6.07) is 11.8. The van der Waals surface area contributed by atoms with E-state index < -0.39 is 5.97 Å². The van der Waals surface area contributed by atoms with E-state index in [1.54, 1.807) is 44.2 Å². The van der Waals surface area contributed by atoms with Crippen LogP contribution in [0.15, 0.2) is 42.5 Å². The Balaban J connectivity index is 1.79. The molecule has 0 atom stereocenters. The molecule has 2 aromatic carbocycles. The predicted molar refractivity (Wildman–Crippen MR) is 91.4 cm³/mol. The fourth-order valence-electron chi connectivity index (χ4n) is 2.30. The molecule has 0 aliphatic heterocycles. The minimum atomic E-state index is -0.615. The lowest BCUT2D eigenvalue weighted by Gasteiger charge is -2.06. The highest BCUT2D eigenvalue weighted by Gasteiger charge is 2.19. The summed E-state index contributed by atoms with van der Waals surface area (Å²) in [6.45, 7) is 3.37. The van der Waals surface area contributed by atoms with Crippen molar-refractivity contribution in [3.63, 3.8) is 0 Å². The standard InChI is InChI=1S/C18H15ClFN3O2/c1-11-7-8-14(9-16(11)20)23-12(2)17(21-22-23)18(24)25-10-13-5-3-4-6-15(13)19/h3-9H,10H2,1-2H3. The average Bonchev–Trinajstić information content (AvgIpc) is 2.98. The molecule has 1 heterocycles. The van der Waals surface area contributed by atoms with Gasteiger partial charge in [0.1, 0.15) is 12.4 Å². The maximum atomic E-state index is 13.7. The second kappa shape index (κ2) is 7.03. The van der Waals surface area contributed by atoms with Crippen molar-refractivity contribution in [2.45, 2.75) is 20.5 Å². The maximum Gasteiger partial charge on any atom is 0.361 e. The fourth-order valence-corrected chi connectivity index (χ4v) is 2.49. The molecule has 128 valence electrons. The van der Waals surface area contributed by atoms with Crippen LogP contribution >= 0.6 is 11.6 Å². The van der Waals surface area contributed by atoms with Gasteiger partial charge in [-0.1, -0.05) is 41.1 Å². The lowest BCUT2D eigenvalue weighted by molar-refractivity contribution is 0.0465. The van der Waals surface area contributed by atoms with E-state index in [9.17, 15) is 9.18 Å². The van der Waals surface area contributed by atoms with E-state index in [-0.39, 0.29) is 18.1 Å². The van der Waals surface area contributed by atoms with Gasteiger partial charge >= 0.3 is 5.97 Å². The topological polar surface area (TPSA) is 57.0 Å². The normalized spacial score (nSPS) is 10.7. The van der Waals surface area contributed by atoms with Crippen molar-refractivity contribution in [1.82, 2.24) is 15.0 Å². The number of halogens is 2. The zero-order valence-electron chi connectivity index (χ0n) is 13.7. The first-order valence-corrected chi connectivity index (χ1v) is 7.94. The van der Waals surface area contributed by atoms with Gasteiger partial charge in [-0.25, -0.2) is 13.9 Å². The number of rotatable bonds is 4. The van der Waals surface area contributed by atoms with Crippen molar-refractivity contribution < 1.29 is 13.9 Å². The molecule has 0 bridgehead atoms. The van der Waals surface area contributed by atoms with Crippen molar-refractivity contribution >= 4 is 17.6 Å². The van der Waals surface area contributed by atoms with Crippen LogP contribution in [-0.2, 0) is 11.3 Å². The number of aromatic nitrogens is 3. The largest absolute Gasteiger partial charge is 0.456 e. The van der Waals surface area contributed by atoms with Crippen molar-refractivity contribution in [2.75, 3.05) is 0 Å². The second-order valence-corrected chi connectivity index (χ2v) is 5.94. The number of ether oxygens (including phenoxy) is 1. The van der Waals surface area contributed by atoms with Crippen LogP contribution in [0.3, 0.4) is 0 Å². The van der Waals surface area contributed by atoms with Gasteiger partial charge in [0.2, 0.25) is 0 Å². The second-order valence-electron chi connectivity index (χ2n) is 5.54. The highest BCUT2D eigenvalue weighted by atomic mass is 35.5. The van der Waals surface area contributed by atoms with Gasteiger partial charge in [0, 0.05) is 10.6 Å². The maximum absolute atomic E-state index is 13.7. The molecule has 0 saturated carbocycles. The Morgan fingerprint density at radius 3 is 2.72 bits per heavy atom. The SMILES string of the molecule is Cc1ccc(-n2nnc(C(=O)OCc3ccccc3Cl)c2C)cc1F. The van der Waals surface area contributed by atoms with E-state index in [1.807, 2.05) is 6.07 Å². The Kier molecular flexibility index (Phi) is 4.81. The number of benzene rings is 2. The Morgan fingerprint density at radius 1 is 1.24 bits per heavy atom. The van der Waals surface area contributed by atoms with Gasteiger partial charge in [0.05, 0.1) is 11.4 Å². The number of carbonyl (C=O) groups is 1. The minimum Gasteiger partial charge on any atom is -0.456 e. The average molecular weight is 360 g/mol. The predicted octanol–water partition coefficient (Wildman–Crippen LogP) is 4.03. The molecule has 1 aromatic heterocycles. The van der Waals surface area contributed by atoms with Gasteiger partial charge in [-0.2, -0.15) is 0 Å². The van der Waals surface area contributed by atoms with E-state index in [1.165, 1.54) is 10.7 Å². The molecule has 7 heteroatoms. The third kappa shape index (κ3) is 3.53. The first kappa shape index (κ1) is 17.1. The number of hydrogen-bond acceptors (Lipinski definition) is 4. The van der Waals surface area contributed by atoms with Gasteiger partial charge in [0.15, 0.2) is 5.69 Å². The van der Waals surface area contributed by atoms with Crippen molar-refractivity contribution in [1.29, 1.82) is 0 Å². The molecule has 0 fully saturated rings. The third-order valence-corrected chi connectivity index (χ3v) is 4.17. The summed E-state index contributed by atoms with van der Waals surface area (Å²) in [5.74, 6) is -0.966. The molecular weight excluding hydrogens is 345 g/mol. The van der Waals surface area contributed by atoms with Crippen LogP contribution in [0.1, 0.15) is 27.3 Å². The molecule has 0 unspecified atom stereocenters. The zero-order chi connectivity index (χ0) is 18.0. The van der Waals surface area contributed by atoms with Gasteiger partial charge in [0.25, 0.3) is 0 Å². The molecule has 3 rings (SSSR count). The Bertz CT molecular complexity index is 940. The number of hydrogen-bond donors (Lipinski definition) is 0. The molecule has 3 aromatic rings. The quantitative estimate of drug-likeness (QED) is 0.660. The van der Waals surface area contributed by atoms with E-state index >= 15 is 0 Å². The van der Waals surface area contributed by atoms with Crippen molar-refractivity contribution in [3.05, 3.63) is 75.8 Å². The summed E-state index contributed by atoms with van der Waals surface area (Å²) in [6.07, 6.45) is 0. The van der Waals surface area contributed by atoms with Crippen LogP contribution in [0.4, 0.5) is 4.39 Å². The molecule has 0 N–H and O–H groups in total. The lowest BCUT2D eigenvalue weighted by atomic mass is 10.2. The van der Waals surface area contributed by atoms with Gasteiger partial charge in [-0.05, 0) is 37.6 Å². The molecule has 5 nitrogen and oxygen atoms in total. The Labute approximate surface area is 149 Å². The lowest BCUT2D eigenvalue weighted by Crippen LogP contribution is -2.08. The summed E-state index contributed by atoms with van der Waals surface area (Å²) in [5.41, 5.74) is 2.25. The van der Waals surface area contributed by atoms with Crippen LogP contribution in [0.25, 0.3) is 5.69 Å². The van der Waals surface area contributed by atoms with Crippen LogP contribution < -0.4 is 0 Å². The van der Waals surface area contributed by atoms with E-state index in [0.29, 0.717) is 27.5 Å². The zero-order valence-corrected chi connectivity index (χ0v) is 14.4. The molecule has 0 saturated heterocycles. The molecule has 0 aliphatic carbocycles. The van der Waals surface area contributed by atoms with Crippen molar-refractivity contribution in [3.8, 4) is 5.69 Å². The molecule has 0 radical (unpaired) electrons. The number of aryl methyl sites for hydroxylation is 1. The highest BCUT2D eigenvalue weighted by molar-refractivity contribution is 6.31. The number of esters is 1. The van der Waals surface area contributed by atoms with Crippen LogP contribution in [0.5, 0.6) is 0 Å². The first-order valence-electron chi connectivity index (χ1n) is 7.56. The Hall–Kier alpha value is -2.73. The number of nitrogens with zero attached hydrogens (tertiary/aromatic N) is 3. The molecule has 0 amide bonds. The summed E-state index contributed by atoms with van der Waals surface area (Å²) in [5, 5.41) is 8.30. The highest BCUT2D eigenvalue weighted by Crippen LogP contribution is 2.18. The van der Waals surface area contributed by atoms with Gasteiger partial charge < -0.3 is 4.74 Å². The van der Waals surface area contributed by atoms with Crippen LogP contribution in [-0.4, -0.2) is 21.0 Å². The fraction of sp³-hybridized carbons (Fsp3) is 0.167. The van der Waals surface area contributed by atoms with Gasteiger partial charge in [-0.15, -0.1) is 5.10 Å². The smallest absolute Gasteiger partial charge is 0.361 e. The van der Waals surface area contributed by atoms with E-state index in [2.05, 4.69) is 10.3 Å². The summed E-state index contributed by atoms with van der Waals surface area (Å²) in [7, 11) is 0. The Morgan fingerprint density at radius 2 is 2.00 bits per heavy atom. The molecule has 0 aliphatic rings. The van der Waals surface area contributed by atoms with E-state index in [0.717, 1.165) is 0 Å². The van der Waals surface area contributed by atoms with Crippen molar-refractivity contribution in [2.24, 2.45) is 0 Å². The molecule has 0 spiro atoms. The minimum absolute atomic E-state index is 0.0317. The first-order chi connectivity index (χ1) is 12.0. The number of carbonyl (C=O) groups excluding carboxylic acids is 1. The third-order valence-electron chi connectivity index (χ3n) is 3.80. The monoisotopic (exact) mass is 359 g/mol. The summed E-state index contributed by atoms with van der Waals surface area (Å²) < 4.78 is 20.4. The van der Waals surface area contributed by atoms with Crippen LogP contribution in [0, 0.1) is 19.7 Å². The van der Waals surface area contributed by atoms with Crippen LogP contribution in [0.2, 0.25) is 5.02 Å². The van der Waals surface area contributed by atoms with Gasteiger partial charge in [-0.3, -0.25) is 0 Å².